The molecule has 23 heavy (non-hydrogen) atoms. The lowest BCUT2D eigenvalue weighted by molar-refractivity contribution is 0.0691. The second-order valence-electron chi connectivity index (χ2n) is 5.66. The van der Waals surface area contributed by atoms with Gasteiger partial charge in [0.05, 0.1) is 5.69 Å². The molecule has 5 heteroatoms. The van der Waals surface area contributed by atoms with E-state index < -0.39 is 5.97 Å². The smallest absolute Gasteiger partial charge is 0.358 e. The summed E-state index contributed by atoms with van der Waals surface area (Å²) >= 11 is 0. The summed E-state index contributed by atoms with van der Waals surface area (Å²) in [6.07, 6.45) is 0. The molecule has 0 radical (unpaired) electrons. The van der Waals surface area contributed by atoms with E-state index in [1.54, 1.807) is 4.68 Å². The summed E-state index contributed by atoms with van der Waals surface area (Å²) in [5, 5.41) is 17.4. The maximum Gasteiger partial charge on any atom is 0.358 e. The molecule has 1 heterocycles. The standard InChI is InChI=1S/C18H17N3O2/c1-11-4-7-14(8-5-11)17-16(18(22)23)19-20-21(17)15-9-6-12(2)10-13(15)3/h4-10H,1-3H3,(H,22,23). The third-order valence-electron chi connectivity index (χ3n) is 3.78. The van der Waals surface area contributed by atoms with Crippen LogP contribution in [0.4, 0.5) is 0 Å². The number of aryl methyl sites for hydroxylation is 3. The van der Waals surface area contributed by atoms with Crippen LogP contribution in [0, 0.1) is 20.8 Å². The van der Waals surface area contributed by atoms with Gasteiger partial charge in [0.15, 0.2) is 5.69 Å². The highest BCUT2D eigenvalue weighted by atomic mass is 16.4. The third kappa shape index (κ3) is 2.73. The van der Waals surface area contributed by atoms with Crippen molar-refractivity contribution in [2.45, 2.75) is 20.8 Å². The highest BCUT2D eigenvalue weighted by molar-refractivity contribution is 5.93. The van der Waals surface area contributed by atoms with Gasteiger partial charge in [-0.15, -0.1) is 5.10 Å². The van der Waals surface area contributed by atoms with Gasteiger partial charge in [-0.3, -0.25) is 0 Å². The molecule has 0 saturated carbocycles. The van der Waals surface area contributed by atoms with Crippen molar-refractivity contribution in [1.29, 1.82) is 0 Å². The molecule has 5 nitrogen and oxygen atoms in total. The molecule has 0 unspecified atom stereocenters. The first kappa shape index (κ1) is 15.0. The van der Waals surface area contributed by atoms with E-state index in [-0.39, 0.29) is 5.69 Å². The van der Waals surface area contributed by atoms with E-state index in [1.165, 1.54) is 0 Å². The van der Waals surface area contributed by atoms with Crippen LogP contribution in [0.25, 0.3) is 16.9 Å². The van der Waals surface area contributed by atoms with Crippen LogP contribution in [-0.2, 0) is 0 Å². The van der Waals surface area contributed by atoms with Gasteiger partial charge in [-0.1, -0.05) is 52.7 Å². The maximum atomic E-state index is 11.5. The van der Waals surface area contributed by atoms with Crippen LogP contribution in [0.1, 0.15) is 27.2 Å². The molecule has 0 aliphatic rings. The number of hydrogen-bond acceptors (Lipinski definition) is 3. The number of aromatic nitrogens is 3. The zero-order valence-electron chi connectivity index (χ0n) is 13.2. The molecular weight excluding hydrogens is 290 g/mol. The van der Waals surface area contributed by atoms with Crippen molar-refractivity contribution in [3.05, 3.63) is 64.8 Å². The van der Waals surface area contributed by atoms with E-state index in [2.05, 4.69) is 10.3 Å². The Bertz CT molecular complexity index is 880. The minimum absolute atomic E-state index is 0.0474. The molecule has 0 aliphatic heterocycles. The molecule has 3 aromatic rings. The molecule has 1 aromatic heterocycles. The SMILES string of the molecule is Cc1ccc(-c2c(C(=O)O)nnn2-c2ccc(C)cc2C)cc1. The van der Waals surface area contributed by atoms with Crippen molar-refractivity contribution in [3.8, 4) is 16.9 Å². The van der Waals surface area contributed by atoms with Gasteiger partial charge in [0.25, 0.3) is 0 Å². The number of nitrogens with zero attached hydrogens (tertiary/aromatic N) is 3. The average molecular weight is 307 g/mol. The van der Waals surface area contributed by atoms with Crippen molar-refractivity contribution in [3.63, 3.8) is 0 Å². The van der Waals surface area contributed by atoms with Crippen LogP contribution >= 0.6 is 0 Å². The monoisotopic (exact) mass is 307 g/mol. The summed E-state index contributed by atoms with van der Waals surface area (Å²) in [6, 6.07) is 13.6. The predicted octanol–water partition coefficient (Wildman–Crippen LogP) is 3.56. The first-order valence-corrected chi connectivity index (χ1v) is 7.31. The lowest BCUT2D eigenvalue weighted by Crippen LogP contribution is -2.04. The molecule has 0 fully saturated rings. The number of benzene rings is 2. The Balaban J connectivity index is 2.26. The molecule has 0 aliphatic carbocycles. The summed E-state index contributed by atoms with van der Waals surface area (Å²) in [4.78, 5) is 11.5. The van der Waals surface area contributed by atoms with Crippen molar-refractivity contribution in [2.75, 3.05) is 0 Å². The molecule has 0 amide bonds. The second-order valence-corrected chi connectivity index (χ2v) is 5.66. The highest BCUT2D eigenvalue weighted by Gasteiger charge is 2.22. The Hall–Kier alpha value is -2.95. The minimum Gasteiger partial charge on any atom is -0.476 e. The number of hydrogen-bond donors (Lipinski definition) is 1. The zero-order chi connectivity index (χ0) is 16.6. The average Bonchev–Trinajstić information content (AvgIpc) is 2.93. The molecule has 2 aromatic carbocycles. The Kier molecular flexibility index (Phi) is 3.70. The number of aromatic carboxylic acids is 1. The van der Waals surface area contributed by atoms with Gasteiger partial charge in [0.2, 0.25) is 0 Å². The molecule has 0 bridgehead atoms. The summed E-state index contributed by atoms with van der Waals surface area (Å²) in [5.74, 6) is -1.09. The van der Waals surface area contributed by atoms with E-state index in [9.17, 15) is 9.90 Å². The number of rotatable bonds is 3. The van der Waals surface area contributed by atoms with Crippen LogP contribution in [-0.4, -0.2) is 26.1 Å². The predicted molar refractivity (Wildman–Crippen MR) is 88.0 cm³/mol. The fraction of sp³-hybridized carbons (Fsp3) is 0.167. The lowest BCUT2D eigenvalue weighted by atomic mass is 10.1. The highest BCUT2D eigenvalue weighted by Crippen LogP contribution is 2.27. The molecule has 0 saturated heterocycles. The fourth-order valence-electron chi connectivity index (χ4n) is 2.61. The van der Waals surface area contributed by atoms with E-state index in [0.29, 0.717) is 5.69 Å². The van der Waals surface area contributed by atoms with Crippen LogP contribution in [0.15, 0.2) is 42.5 Å². The van der Waals surface area contributed by atoms with Crippen molar-refractivity contribution in [2.24, 2.45) is 0 Å². The van der Waals surface area contributed by atoms with Crippen molar-refractivity contribution in [1.82, 2.24) is 15.0 Å². The summed E-state index contributed by atoms with van der Waals surface area (Å²) in [6.45, 7) is 5.98. The van der Waals surface area contributed by atoms with Crippen LogP contribution < -0.4 is 0 Å². The lowest BCUT2D eigenvalue weighted by Gasteiger charge is -2.11. The van der Waals surface area contributed by atoms with Gasteiger partial charge in [-0.2, -0.15) is 0 Å². The quantitative estimate of drug-likeness (QED) is 0.803. The van der Waals surface area contributed by atoms with Gasteiger partial charge >= 0.3 is 5.97 Å². The number of carbonyl (C=O) groups is 1. The first-order chi connectivity index (χ1) is 11.0. The summed E-state index contributed by atoms with van der Waals surface area (Å²) in [7, 11) is 0. The Morgan fingerprint density at radius 1 is 1.00 bits per heavy atom. The maximum absolute atomic E-state index is 11.5. The van der Waals surface area contributed by atoms with Crippen molar-refractivity contribution < 1.29 is 9.90 Å². The van der Waals surface area contributed by atoms with Crippen molar-refractivity contribution >= 4 is 5.97 Å². The molecular formula is C18H17N3O2. The van der Waals surface area contributed by atoms with E-state index in [1.807, 2.05) is 63.2 Å². The fourth-order valence-corrected chi connectivity index (χ4v) is 2.61. The first-order valence-electron chi connectivity index (χ1n) is 7.31. The number of carboxylic acids is 1. The molecule has 0 atom stereocenters. The van der Waals surface area contributed by atoms with E-state index >= 15 is 0 Å². The zero-order valence-corrected chi connectivity index (χ0v) is 13.2. The molecule has 0 spiro atoms. The minimum atomic E-state index is -1.09. The Labute approximate surface area is 134 Å². The van der Waals surface area contributed by atoms with Crippen LogP contribution in [0.2, 0.25) is 0 Å². The van der Waals surface area contributed by atoms with E-state index in [0.717, 1.165) is 27.9 Å². The number of carboxylic acid groups (broad SMARTS) is 1. The summed E-state index contributed by atoms with van der Waals surface area (Å²) in [5.41, 5.74) is 5.31. The Morgan fingerprint density at radius 3 is 2.26 bits per heavy atom. The largest absolute Gasteiger partial charge is 0.476 e. The topological polar surface area (TPSA) is 68.0 Å². The van der Waals surface area contributed by atoms with Gasteiger partial charge in [0, 0.05) is 5.56 Å². The van der Waals surface area contributed by atoms with Crippen LogP contribution in [0.3, 0.4) is 0 Å². The Morgan fingerprint density at radius 2 is 1.65 bits per heavy atom. The van der Waals surface area contributed by atoms with Crippen LogP contribution in [0.5, 0.6) is 0 Å². The second kappa shape index (κ2) is 5.68. The normalized spacial score (nSPS) is 10.7. The van der Waals surface area contributed by atoms with Gasteiger partial charge in [-0.25, -0.2) is 9.48 Å². The third-order valence-corrected chi connectivity index (χ3v) is 3.78. The van der Waals surface area contributed by atoms with Gasteiger partial charge in [-0.05, 0) is 32.4 Å². The summed E-state index contributed by atoms with van der Waals surface area (Å²) < 4.78 is 1.60. The molecule has 3 rings (SSSR count). The van der Waals surface area contributed by atoms with Gasteiger partial charge < -0.3 is 5.11 Å². The van der Waals surface area contributed by atoms with E-state index in [4.69, 9.17) is 0 Å². The molecule has 116 valence electrons. The molecule has 1 N–H and O–H groups in total. The van der Waals surface area contributed by atoms with Gasteiger partial charge in [0.1, 0.15) is 5.69 Å².